The van der Waals surface area contributed by atoms with Crippen LogP contribution in [0.25, 0.3) is 5.69 Å². The molecule has 2 amide bonds. The van der Waals surface area contributed by atoms with Crippen LogP contribution < -0.4 is 5.32 Å². The van der Waals surface area contributed by atoms with Gasteiger partial charge in [-0.25, -0.2) is 4.68 Å². The lowest BCUT2D eigenvalue weighted by molar-refractivity contribution is -0.157. The van der Waals surface area contributed by atoms with E-state index in [-0.39, 0.29) is 13.0 Å². The lowest BCUT2D eigenvalue weighted by atomic mass is 10.1. The Bertz CT molecular complexity index is 823. The van der Waals surface area contributed by atoms with Gasteiger partial charge in [-0.05, 0) is 24.3 Å². The molecule has 3 rings (SSSR count). The van der Waals surface area contributed by atoms with Crippen molar-refractivity contribution < 1.29 is 22.8 Å². The van der Waals surface area contributed by atoms with Crippen molar-refractivity contribution in [2.75, 3.05) is 18.4 Å². The van der Waals surface area contributed by atoms with Crippen molar-refractivity contribution >= 4 is 33.4 Å². The first-order chi connectivity index (χ1) is 12.2. The zero-order chi connectivity index (χ0) is 18.9. The average molecular weight is 431 g/mol. The number of anilines is 1. The first-order valence-electron chi connectivity index (χ1n) is 7.68. The number of hydrogen-bond donors (Lipinski definition) is 1. The minimum Gasteiger partial charge on any atom is -0.333 e. The molecule has 1 aromatic carbocycles. The summed E-state index contributed by atoms with van der Waals surface area (Å²) in [6, 6.07) is 6.90. The van der Waals surface area contributed by atoms with E-state index in [0.717, 1.165) is 0 Å². The van der Waals surface area contributed by atoms with Gasteiger partial charge in [-0.3, -0.25) is 9.59 Å². The number of amides is 2. The molecule has 0 aliphatic carbocycles. The van der Waals surface area contributed by atoms with E-state index in [1.165, 1.54) is 0 Å². The summed E-state index contributed by atoms with van der Waals surface area (Å²) in [4.78, 5) is 24.9. The van der Waals surface area contributed by atoms with E-state index in [4.69, 9.17) is 0 Å². The Labute approximate surface area is 155 Å². The number of nitrogens with one attached hydrogen (secondary N) is 1. The topological polar surface area (TPSA) is 67.2 Å². The standard InChI is InChI=1S/C16H14BrF3N4O2/c17-11-2-3-13(24-5-1-4-21-24)12(7-11)22-15(26)10-6-14(25)23(8-10)9-16(18,19)20/h1-5,7,10H,6,8-9H2,(H,22,26)/t10-/m0/s1. The van der Waals surface area contributed by atoms with Crippen molar-refractivity contribution in [1.29, 1.82) is 0 Å². The van der Waals surface area contributed by atoms with Crippen molar-refractivity contribution in [3.8, 4) is 5.69 Å². The Kier molecular flexibility index (Phi) is 5.03. The molecule has 0 unspecified atom stereocenters. The third-order valence-electron chi connectivity index (χ3n) is 3.92. The van der Waals surface area contributed by atoms with Crippen LogP contribution in [0.15, 0.2) is 41.1 Å². The second kappa shape index (κ2) is 7.10. The van der Waals surface area contributed by atoms with Crippen molar-refractivity contribution in [2.45, 2.75) is 12.6 Å². The van der Waals surface area contributed by atoms with Gasteiger partial charge in [0.15, 0.2) is 0 Å². The van der Waals surface area contributed by atoms with Crippen molar-refractivity contribution in [2.24, 2.45) is 5.92 Å². The van der Waals surface area contributed by atoms with Gasteiger partial charge in [0.1, 0.15) is 6.54 Å². The van der Waals surface area contributed by atoms with Gasteiger partial charge in [-0.15, -0.1) is 0 Å². The van der Waals surface area contributed by atoms with E-state index in [1.54, 1.807) is 41.3 Å². The van der Waals surface area contributed by atoms with Gasteiger partial charge in [0.2, 0.25) is 11.8 Å². The Morgan fingerprint density at radius 1 is 1.38 bits per heavy atom. The molecule has 1 aromatic heterocycles. The van der Waals surface area contributed by atoms with Crippen LogP contribution >= 0.6 is 15.9 Å². The second-order valence-corrected chi connectivity index (χ2v) is 6.81. The van der Waals surface area contributed by atoms with Crippen molar-refractivity contribution in [3.05, 3.63) is 41.1 Å². The smallest absolute Gasteiger partial charge is 0.333 e. The maximum Gasteiger partial charge on any atom is 0.406 e. The van der Waals surface area contributed by atoms with E-state index >= 15 is 0 Å². The molecule has 0 saturated carbocycles. The quantitative estimate of drug-likeness (QED) is 0.810. The van der Waals surface area contributed by atoms with Gasteiger partial charge >= 0.3 is 6.18 Å². The number of aromatic nitrogens is 2. The number of hydrogen-bond acceptors (Lipinski definition) is 3. The molecule has 1 atom stereocenters. The summed E-state index contributed by atoms with van der Waals surface area (Å²) >= 11 is 3.32. The first kappa shape index (κ1) is 18.4. The molecule has 1 aliphatic heterocycles. The highest BCUT2D eigenvalue weighted by molar-refractivity contribution is 9.10. The molecule has 2 aromatic rings. The fourth-order valence-electron chi connectivity index (χ4n) is 2.77. The normalized spacial score (nSPS) is 17.6. The van der Waals surface area contributed by atoms with E-state index in [0.29, 0.717) is 20.7 Å². The maximum atomic E-state index is 12.5. The number of likely N-dealkylation sites (tertiary alicyclic amines) is 1. The Balaban J connectivity index is 1.75. The molecule has 1 saturated heterocycles. The molecule has 1 aliphatic rings. The highest BCUT2D eigenvalue weighted by Gasteiger charge is 2.40. The lowest BCUT2D eigenvalue weighted by Gasteiger charge is -2.18. The Morgan fingerprint density at radius 2 is 2.15 bits per heavy atom. The van der Waals surface area contributed by atoms with Crippen LogP contribution in [-0.2, 0) is 9.59 Å². The number of nitrogens with zero attached hydrogens (tertiary/aromatic N) is 3. The number of carbonyl (C=O) groups is 2. The number of carbonyl (C=O) groups excluding carboxylic acids is 2. The van der Waals surface area contributed by atoms with E-state index in [2.05, 4.69) is 26.3 Å². The summed E-state index contributed by atoms with van der Waals surface area (Å²) in [5.74, 6) is -2.02. The number of halogens is 4. The maximum absolute atomic E-state index is 12.5. The third kappa shape index (κ3) is 4.24. The van der Waals surface area contributed by atoms with Crippen molar-refractivity contribution in [3.63, 3.8) is 0 Å². The van der Waals surface area contributed by atoms with Crippen LogP contribution in [0.5, 0.6) is 0 Å². The molecule has 1 N–H and O–H groups in total. The SMILES string of the molecule is O=C(Nc1cc(Br)ccc1-n1cccn1)[C@H]1CC(=O)N(CC(F)(F)F)C1. The van der Waals surface area contributed by atoms with Crippen LogP contribution in [0, 0.1) is 5.92 Å². The minimum absolute atomic E-state index is 0.243. The van der Waals surface area contributed by atoms with Crippen molar-refractivity contribution in [1.82, 2.24) is 14.7 Å². The molecule has 0 spiro atoms. The zero-order valence-corrected chi connectivity index (χ0v) is 14.9. The summed E-state index contributed by atoms with van der Waals surface area (Å²) in [7, 11) is 0. The van der Waals surface area contributed by atoms with Crippen LogP contribution in [0.2, 0.25) is 0 Å². The second-order valence-electron chi connectivity index (χ2n) is 5.89. The average Bonchev–Trinajstić information content (AvgIpc) is 3.17. The molecule has 10 heteroatoms. The predicted molar refractivity (Wildman–Crippen MR) is 90.6 cm³/mol. The summed E-state index contributed by atoms with van der Waals surface area (Å²) < 4.78 is 39.8. The van der Waals surface area contributed by atoms with Gasteiger partial charge < -0.3 is 10.2 Å². The number of rotatable bonds is 4. The fourth-order valence-corrected chi connectivity index (χ4v) is 3.13. The monoisotopic (exact) mass is 430 g/mol. The number of benzene rings is 1. The first-order valence-corrected chi connectivity index (χ1v) is 8.47. The van der Waals surface area contributed by atoms with Gasteiger partial charge in [-0.1, -0.05) is 15.9 Å². The summed E-state index contributed by atoms with van der Waals surface area (Å²) in [6.45, 7) is -1.60. The molecule has 6 nitrogen and oxygen atoms in total. The van der Waals surface area contributed by atoms with E-state index < -0.39 is 30.5 Å². The highest BCUT2D eigenvalue weighted by Crippen LogP contribution is 2.28. The molecule has 2 heterocycles. The minimum atomic E-state index is -4.49. The summed E-state index contributed by atoms with van der Waals surface area (Å²) in [5.41, 5.74) is 1.04. The summed E-state index contributed by atoms with van der Waals surface area (Å²) in [5, 5.41) is 6.80. The molecular formula is C16H14BrF3N4O2. The molecule has 138 valence electrons. The van der Waals surface area contributed by atoms with Gasteiger partial charge in [-0.2, -0.15) is 18.3 Å². The van der Waals surface area contributed by atoms with Crippen LogP contribution in [0.1, 0.15) is 6.42 Å². The Hall–Kier alpha value is -2.36. The van der Waals surface area contributed by atoms with Crippen LogP contribution in [-0.4, -0.2) is 45.8 Å². The van der Waals surface area contributed by atoms with E-state index in [9.17, 15) is 22.8 Å². The highest BCUT2D eigenvalue weighted by atomic mass is 79.9. The summed E-state index contributed by atoms with van der Waals surface area (Å²) in [6.07, 6.45) is -1.45. The van der Waals surface area contributed by atoms with Crippen LogP contribution in [0.4, 0.5) is 18.9 Å². The molecule has 1 fully saturated rings. The molecular weight excluding hydrogens is 417 g/mol. The van der Waals surface area contributed by atoms with Crippen LogP contribution in [0.3, 0.4) is 0 Å². The molecule has 0 radical (unpaired) electrons. The Morgan fingerprint density at radius 3 is 2.81 bits per heavy atom. The molecule has 26 heavy (non-hydrogen) atoms. The predicted octanol–water partition coefficient (Wildman–Crippen LogP) is 2.98. The zero-order valence-electron chi connectivity index (χ0n) is 13.3. The van der Waals surface area contributed by atoms with Gasteiger partial charge in [0.05, 0.1) is 17.3 Å². The third-order valence-corrected chi connectivity index (χ3v) is 4.42. The largest absolute Gasteiger partial charge is 0.406 e. The van der Waals surface area contributed by atoms with Gasteiger partial charge in [0.25, 0.3) is 0 Å². The number of alkyl halides is 3. The van der Waals surface area contributed by atoms with E-state index in [1.807, 2.05) is 0 Å². The molecule has 0 bridgehead atoms. The van der Waals surface area contributed by atoms with Gasteiger partial charge in [0, 0.05) is 29.8 Å². The fraction of sp³-hybridized carbons (Fsp3) is 0.312. The lowest BCUT2D eigenvalue weighted by Crippen LogP contribution is -2.36.